The van der Waals surface area contributed by atoms with Crippen molar-refractivity contribution in [3.63, 3.8) is 0 Å². The third kappa shape index (κ3) is 2.87. The molecule has 1 atom stereocenters. The minimum absolute atomic E-state index is 0.0639. The lowest BCUT2D eigenvalue weighted by Gasteiger charge is -2.07. The summed E-state index contributed by atoms with van der Waals surface area (Å²) in [4.78, 5) is 14.6. The highest BCUT2D eigenvalue weighted by atomic mass is 19.1. The van der Waals surface area contributed by atoms with Gasteiger partial charge in [0.25, 0.3) is 0 Å². The SMILES string of the molecule is CC(N)CNC(=O)Cc1c[nH]c2cc(F)ccc12. The summed E-state index contributed by atoms with van der Waals surface area (Å²) in [6.07, 6.45) is 1.99. The fraction of sp³-hybridized carbons (Fsp3) is 0.308. The van der Waals surface area contributed by atoms with Crippen molar-refractivity contribution in [2.45, 2.75) is 19.4 Å². The number of nitrogens with one attached hydrogen (secondary N) is 2. The number of amides is 1. The zero-order chi connectivity index (χ0) is 13.1. The van der Waals surface area contributed by atoms with Gasteiger partial charge in [-0.25, -0.2) is 4.39 Å². The topological polar surface area (TPSA) is 70.9 Å². The second-order valence-corrected chi connectivity index (χ2v) is 4.46. The zero-order valence-electron chi connectivity index (χ0n) is 10.2. The van der Waals surface area contributed by atoms with E-state index in [1.165, 1.54) is 12.1 Å². The average Bonchev–Trinajstić information content (AvgIpc) is 2.69. The molecule has 0 aliphatic heterocycles. The van der Waals surface area contributed by atoms with Crippen LogP contribution in [0.4, 0.5) is 4.39 Å². The largest absolute Gasteiger partial charge is 0.361 e. The van der Waals surface area contributed by atoms with Gasteiger partial charge >= 0.3 is 0 Å². The van der Waals surface area contributed by atoms with Gasteiger partial charge < -0.3 is 16.0 Å². The maximum Gasteiger partial charge on any atom is 0.224 e. The van der Waals surface area contributed by atoms with E-state index in [1.54, 1.807) is 12.3 Å². The minimum Gasteiger partial charge on any atom is -0.361 e. The molecule has 1 unspecified atom stereocenters. The molecule has 96 valence electrons. The van der Waals surface area contributed by atoms with Gasteiger partial charge in [-0.05, 0) is 30.7 Å². The number of carbonyl (C=O) groups is 1. The normalized spacial score (nSPS) is 12.6. The minimum atomic E-state index is -0.294. The van der Waals surface area contributed by atoms with Crippen molar-refractivity contribution in [2.24, 2.45) is 5.73 Å². The smallest absolute Gasteiger partial charge is 0.224 e. The van der Waals surface area contributed by atoms with E-state index < -0.39 is 0 Å². The molecule has 2 rings (SSSR count). The second kappa shape index (κ2) is 5.18. The van der Waals surface area contributed by atoms with Crippen LogP contribution in [0.1, 0.15) is 12.5 Å². The molecule has 4 nitrogen and oxygen atoms in total. The fourth-order valence-corrected chi connectivity index (χ4v) is 1.82. The summed E-state index contributed by atoms with van der Waals surface area (Å²) in [7, 11) is 0. The van der Waals surface area contributed by atoms with Crippen LogP contribution >= 0.6 is 0 Å². The van der Waals surface area contributed by atoms with Crippen molar-refractivity contribution in [3.05, 3.63) is 35.8 Å². The van der Waals surface area contributed by atoms with Crippen LogP contribution < -0.4 is 11.1 Å². The van der Waals surface area contributed by atoms with Crippen LogP contribution in [0, 0.1) is 5.82 Å². The van der Waals surface area contributed by atoms with Crippen molar-refractivity contribution in [1.82, 2.24) is 10.3 Å². The van der Waals surface area contributed by atoms with Crippen molar-refractivity contribution < 1.29 is 9.18 Å². The van der Waals surface area contributed by atoms with Crippen LogP contribution in [0.5, 0.6) is 0 Å². The summed E-state index contributed by atoms with van der Waals surface area (Å²) >= 11 is 0. The van der Waals surface area contributed by atoms with Crippen LogP contribution in [0.25, 0.3) is 10.9 Å². The first-order chi connectivity index (χ1) is 8.56. The molecule has 2 aromatic rings. The molecule has 0 bridgehead atoms. The van der Waals surface area contributed by atoms with Crippen molar-refractivity contribution >= 4 is 16.8 Å². The molecule has 18 heavy (non-hydrogen) atoms. The van der Waals surface area contributed by atoms with Crippen molar-refractivity contribution in [3.8, 4) is 0 Å². The standard InChI is InChI=1S/C13H16FN3O/c1-8(15)6-17-13(18)4-9-7-16-12-5-10(14)2-3-11(9)12/h2-3,5,7-8,16H,4,6,15H2,1H3,(H,17,18). The molecule has 0 saturated carbocycles. The molecule has 1 amide bonds. The van der Waals surface area contributed by atoms with E-state index in [-0.39, 0.29) is 24.2 Å². The average molecular weight is 249 g/mol. The Labute approximate surface area is 104 Å². The number of hydrogen-bond donors (Lipinski definition) is 3. The van der Waals surface area contributed by atoms with Crippen molar-refractivity contribution in [1.29, 1.82) is 0 Å². The van der Waals surface area contributed by atoms with Gasteiger partial charge in [0.05, 0.1) is 6.42 Å². The maximum absolute atomic E-state index is 13.0. The number of aromatic amines is 1. The molecule has 4 N–H and O–H groups in total. The van der Waals surface area contributed by atoms with E-state index in [0.29, 0.717) is 12.1 Å². The van der Waals surface area contributed by atoms with E-state index in [0.717, 1.165) is 10.9 Å². The predicted molar refractivity (Wildman–Crippen MR) is 68.6 cm³/mol. The Balaban J connectivity index is 2.10. The first-order valence-corrected chi connectivity index (χ1v) is 5.84. The quantitative estimate of drug-likeness (QED) is 0.764. The van der Waals surface area contributed by atoms with Crippen molar-refractivity contribution in [2.75, 3.05) is 6.54 Å². The molecule has 0 radical (unpaired) electrons. The highest BCUT2D eigenvalue weighted by Crippen LogP contribution is 2.19. The Morgan fingerprint density at radius 3 is 3.06 bits per heavy atom. The lowest BCUT2D eigenvalue weighted by Crippen LogP contribution is -2.35. The molecule has 1 aromatic heterocycles. The third-order valence-corrected chi connectivity index (χ3v) is 2.70. The number of halogens is 1. The molecule has 1 heterocycles. The van der Waals surface area contributed by atoms with Gasteiger partial charge in [0.15, 0.2) is 0 Å². The van der Waals surface area contributed by atoms with Gasteiger partial charge in [-0.1, -0.05) is 0 Å². The lowest BCUT2D eigenvalue weighted by molar-refractivity contribution is -0.120. The van der Waals surface area contributed by atoms with E-state index >= 15 is 0 Å². The van der Waals surface area contributed by atoms with Crippen LogP contribution in [0.2, 0.25) is 0 Å². The first kappa shape index (κ1) is 12.6. The van der Waals surface area contributed by atoms with Crippen LogP contribution in [0.3, 0.4) is 0 Å². The highest BCUT2D eigenvalue weighted by molar-refractivity contribution is 5.88. The molecule has 0 spiro atoms. The number of hydrogen-bond acceptors (Lipinski definition) is 2. The van der Waals surface area contributed by atoms with Crippen LogP contribution in [-0.2, 0) is 11.2 Å². The number of nitrogens with two attached hydrogens (primary N) is 1. The molecular formula is C13H16FN3O. The summed E-state index contributed by atoms with van der Waals surface area (Å²) in [5, 5.41) is 3.61. The number of aromatic nitrogens is 1. The third-order valence-electron chi connectivity index (χ3n) is 2.70. The fourth-order valence-electron chi connectivity index (χ4n) is 1.82. The lowest BCUT2D eigenvalue weighted by atomic mass is 10.1. The summed E-state index contributed by atoms with van der Waals surface area (Å²) in [5.74, 6) is -0.380. The maximum atomic E-state index is 13.0. The van der Waals surface area contributed by atoms with E-state index in [1.807, 2.05) is 6.92 Å². The van der Waals surface area contributed by atoms with Gasteiger partial charge in [0.2, 0.25) is 5.91 Å². The molecular weight excluding hydrogens is 233 g/mol. The van der Waals surface area contributed by atoms with Gasteiger partial charge in [-0.2, -0.15) is 0 Å². The van der Waals surface area contributed by atoms with Crippen LogP contribution in [-0.4, -0.2) is 23.5 Å². The van der Waals surface area contributed by atoms with Crippen LogP contribution in [0.15, 0.2) is 24.4 Å². The van der Waals surface area contributed by atoms with Gasteiger partial charge in [0.1, 0.15) is 5.82 Å². The number of fused-ring (bicyclic) bond motifs is 1. The summed E-state index contributed by atoms with van der Waals surface area (Å²) < 4.78 is 13.0. The number of rotatable bonds is 4. The first-order valence-electron chi connectivity index (χ1n) is 5.84. The van der Waals surface area contributed by atoms with E-state index in [9.17, 15) is 9.18 Å². The number of carbonyl (C=O) groups excluding carboxylic acids is 1. The second-order valence-electron chi connectivity index (χ2n) is 4.46. The Hall–Kier alpha value is -1.88. The van der Waals surface area contributed by atoms with E-state index in [2.05, 4.69) is 10.3 Å². The van der Waals surface area contributed by atoms with Gasteiger partial charge in [0, 0.05) is 29.7 Å². The Morgan fingerprint density at radius 1 is 1.56 bits per heavy atom. The molecule has 0 fully saturated rings. The van der Waals surface area contributed by atoms with E-state index in [4.69, 9.17) is 5.73 Å². The highest BCUT2D eigenvalue weighted by Gasteiger charge is 2.09. The molecule has 5 heteroatoms. The van der Waals surface area contributed by atoms with Gasteiger partial charge in [-0.15, -0.1) is 0 Å². The molecule has 1 aromatic carbocycles. The number of H-pyrrole nitrogens is 1. The number of benzene rings is 1. The molecule has 0 aliphatic carbocycles. The molecule has 0 saturated heterocycles. The Bertz CT molecular complexity index is 562. The summed E-state index contributed by atoms with van der Waals surface area (Å²) in [5.41, 5.74) is 7.11. The molecule has 0 aliphatic rings. The van der Waals surface area contributed by atoms with Gasteiger partial charge in [-0.3, -0.25) is 4.79 Å². The Morgan fingerprint density at radius 2 is 2.33 bits per heavy atom. The monoisotopic (exact) mass is 249 g/mol. The summed E-state index contributed by atoms with van der Waals surface area (Å²) in [6, 6.07) is 4.42. The summed E-state index contributed by atoms with van der Waals surface area (Å²) in [6.45, 7) is 2.28. The predicted octanol–water partition coefficient (Wildman–Crippen LogP) is 1.31. The Kier molecular flexibility index (Phi) is 3.62. The zero-order valence-corrected chi connectivity index (χ0v) is 10.2.